The molecular weight excluding hydrogens is 266 g/mol. The van der Waals surface area contributed by atoms with Crippen LogP contribution in [0.2, 0.25) is 5.02 Å². The van der Waals surface area contributed by atoms with Gasteiger partial charge in [-0.2, -0.15) is 0 Å². The number of phenols is 1. The Balaban J connectivity index is 2.05. The monoisotopic (exact) mass is 277 g/mol. The quantitative estimate of drug-likeness (QED) is 0.668. The van der Waals surface area contributed by atoms with Gasteiger partial charge in [0.2, 0.25) is 0 Å². The highest BCUT2D eigenvalue weighted by atomic mass is 35.5. The van der Waals surface area contributed by atoms with Gasteiger partial charge in [-0.1, -0.05) is 29.8 Å². The van der Waals surface area contributed by atoms with Crippen LogP contribution in [0.3, 0.4) is 0 Å². The van der Waals surface area contributed by atoms with E-state index in [1.54, 1.807) is 30.3 Å². The molecule has 0 aromatic heterocycles. The van der Waals surface area contributed by atoms with Gasteiger partial charge in [-0.05, 0) is 29.8 Å². The molecule has 0 fully saturated rings. The van der Waals surface area contributed by atoms with E-state index in [1.807, 2.05) is 0 Å². The summed E-state index contributed by atoms with van der Waals surface area (Å²) in [5, 5.41) is 9.46. The Bertz CT molecular complexity index is 596. The Morgan fingerprint density at radius 1 is 1.21 bits per heavy atom. The lowest BCUT2D eigenvalue weighted by atomic mass is 10.2. The number of hydrogen-bond donors (Lipinski definition) is 2. The normalized spacial score (nSPS) is 10.2. The maximum absolute atomic E-state index is 11.8. The lowest BCUT2D eigenvalue weighted by Crippen LogP contribution is -2.08. The molecule has 3 N–H and O–H groups in total. The highest BCUT2D eigenvalue weighted by Gasteiger charge is 2.13. The summed E-state index contributed by atoms with van der Waals surface area (Å²) in [7, 11) is 0. The van der Waals surface area contributed by atoms with Crippen LogP contribution in [0.15, 0.2) is 42.5 Å². The van der Waals surface area contributed by atoms with Gasteiger partial charge in [0.25, 0.3) is 0 Å². The number of halogens is 1. The summed E-state index contributed by atoms with van der Waals surface area (Å²) in [6, 6.07) is 11.2. The van der Waals surface area contributed by atoms with Crippen LogP contribution >= 0.6 is 11.6 Å². The molecule has 0 radical (unpaired) electrons. The molecule has 0 unspecified atom stereocenters. The molecule has 0 saturated carbocycles. The average Bonchev–Trinajstić information content (AvgIpc) is 2.41. The van der Waals surface area contributed by atoms with E-state index < -0.39 is 5.97 Å². The zero-order valence-electron chi connectivity index (χ0n) is 9.97. The van der Waals surface area contributed by atoms with Gasteiger partial charge in [-0.3, -0.25) is 0 Å². The van der Waals surface area contributed by atoms with E-state index in [1.165, 1.54) is 12.1 Å². The largest absolute Gasteiger partial charge is 0.508 e. The van der Waals surface area contributed by atoms with Gasteiger partial charge in [0.05, 0.1) is 16.3 Å². The standard InChI is InChI=1S/C14H12ClNO3/c15-12-3-1-2-11(13(12)16)14(18)19-8-9-4-6-10(17)7-5-9/h1-7,17H,8,16H2. The molecule has 0 atom stereocenters. The van der Waals surface area contributed by atoms with E-state index >= 15 is 0 Å². The molecule has 5 heteroatoms. The smallest absolute Gasteiger partial charge is 0.340 e. The Hall–Kier alpha value is -2.20. The van der Waals surface area contributed by atoms with Gasteiger partial charge in [0.1, 0.15) is 12.4 Å². The van der Waals surface area contributed by atoms with Crippen molar-refractivity contribution in [2.45, 2.75) is 6.61 Å². The second-order valence-electron chi connectivity index (χ2n) is 3.94. The number of carbonyl (C=O) groups is 1. The molecule has 2 aromatic rings. The molecule has 0 aliphatic heterocycles. The predicted octanol–water partition coefficient (Wildman–Crippen LogP) is 2.98. The highest BCUT2D eigenvalue weighted by Crippen LogP contribution is 2.23. The molecule has 0 saturated heterocycles. The number of ether oxygens (including phenoxy) is 1. The molecule has 98 valence electrons. The molecular formula is C14H12ClNO3. The summed E-state index contributed by atoms with van der Waals surface area (Å²) >= 11 is 5.83. The second kappa shape index (κ2) is 5.63. The number of carbonyl (C=O) groups excluding carboxylic acids is 1. The fourth-order valence-electron chi connectivity index (χ4n) is 1.53. The van der Waals surface area contributed by atoms with Crippen molar-refractivity contribution in [1.29, 1.82) is 0 Å². The van der Waals surface area contributed by atoms with Crippen molar-refractivity contribution < 1.29 is 14.6 Å². The number of aromatic hydroxyl groups is 1. The Morgan fingerprint density at radius 2 is 1.89 bits per heavy atom. The third-order valence-electron chi connectivity index (χ3n) is 2.58. The Morgan fingerprint density at radius 3 is 2.58 bits per heavy atom. The van der Waals surface area contributed by atoms with Crippen LogP contribution in [-0.4, -0.2) is 11.1 Å². The maximum Gasteiger partial charge on any atom is 0.340 e. The van der Waals surface area contributed by atoms with Gasteiger partial charge in [0, 0.05) is 0 Å². The first-order valence-electron chi connectivity index (χ1n) is 5.57. The fraction of sp³-hybridized carbons (Fsp3) is 0.0714. The number of rotatable bonds is 3. The van der Waals surface area contributed by atoms with Gasteiger partial charge in [-0.15, -0.1) is 0 Å². The zero-order valence-corrected chi connectivity index (χ0v) is 10.7. The highest BCUT2D eigenvalue weighted by molar-refractivity contribution is 6.33. The van der Waals surface area contributed by atoms with Crippen LogP contribution < -0.4 is 5.73 Å². The molecule has 2 aromatic carbocycles. The summed E-state index contributed by atoms with van der Waals surface area (Å²) in [4.78, 5) is 11.8. The first-order chi connectivity index (χ1) is 9.08. The van der Waals surface area contributed by atoms with E-state index in [2.05, 4.69) is 0 Å². The second-order valence-corrected chi connectivity index (χ2v) is 4.35. The van der Waals surface area contributed by atoms with Crippen LogP contribution in [0.5, 0.6) is 5.75 Å². The molecule has 0 heterocycles. The number of esters is 1. The van der Waals surface area contributed by atoms with Gasteiger partial charge >= 0.3 is 5.97 Å². The van der Waals surface area contributed by atoms with E-state index in [0.717, 1.165) is 5.56 Å². The summed E-state index contributed by atoms with van der Waals surface area (Å²) in [6.07, 6.45) is 0. The van der Waals surface area contributed by atoms with Crippen molar-refractivity contribution in [2.75, 3.05) is 5.73 Å². The topological polar surface area (TPSA) is 72.6 Å². The molecule has 0 bridgehead atoms. The van der Waals surface area contributed by atoms with Crippen molar-refractivity contribution in [3.8, 4) is 5.75 Å². The summed E-state index contributed by atoms with van der Waals surface area (Å²) in [5.74, 6) is -0.373. The third-order valence-corrected chi connectivity index (χ3v) is 2.91. The van der Waals surface area contributed by atoms with Crippen molar-refractivity contribution >= 4 is 23.3 Å². The average molecular weight is 278 g/mol. The van der Waals surface area contributed by atoms with Crippen LogP contribution in [0.1, 0.15) is 15.9 Å². The molecule has 19 heavy (non-hydrogen) atoms. The number of nitrogen functional groups attached to an aromatic ring is 1. The molecule has 0 amide bonds. The first kappa shape index (κ1) is 13.2. The minimum absolute atomic E-state index is 0.102. The predicted molar refractivity (Wildman–Crippen MR) is 73.1 cm³/mol. The van der Waals surface area contributed by atoms with E-state index in [-0.39, 0.29) is 23.6 Å². The minimum atomic E-state index is -0.534. The van der Waals surface area contributed by atoms with Gasteiger partial charge in [-0.25, -0.2) is 4.79 Å². The maximum atomic E-state index is 11.8. The summed E-state index contributed by atoms with van der Waals surface area (Å²) in [6.45, 7) is 0.102. The lowest BCUT2D eigenvalue weighted by Gasteiger charge is -2.08. The molecule has 4 nitrogen and oxygen atoms in total. The first-order valence-corrected chi connectivity index (χ1v) is 5.95. The Kier molecular flexibility index (Phi) is 3.92. The van der Waals surface area contributed by atoms with E-state index in [4.69, 9.17) is 27.2 Å². The number of nitrogens with two attached hydrogens (primary N) is 1. The Labute approximate surface area is 115 Å². The van der Waals surface area contributed by atoms with Crippen molar-refractivity contribution in [3.63, 3.8) is 0 Å². The number of benzene rings is 2. The van der Waals surface area contributed by atoms with Crippen molar-refractivity contribution in [3.05, 3.63) is 58.6 Å². The molecule has 0 spiro atoms. The van der Waals surface area contributed by atoms with Crippen LogP contribution in [-0.2, 0) is 11.3 Å². The van der Waals surface area contributed by atoms with Crippen molar-refractivity contribution in [1.82, 2.24) is 0 Å². The van der Waals surface area contributed by atoms with E-state index in [0.29, 0.717) is 5.02 Å². The molecule has 0 aliphatic carbocycles. The number of phenolic OH excluding ortho intramolecular Hbond substituents is 1. The lowest BCUT2D eigenvalue weighted by molar-refractivity contribution is 0.0474. The van der Waals surface area contributed by atoms with E-state index in [9.17, 15) is 4.79 Å². The SMILES string of the molecule is Nc1c(Cl)cccc1C(=O)OCc1ccc(O)cc1. The van der Waals surface area contributed by atoms with Crippen LogP contribution in [0, 0.1) is 0 Å². The van der Waals surface area contributed by atoms with Crippen molar-refractivity contribution in [2.24, 2.45) is 0 Å². The zero-order chi connectivity index (χ0) is 13.8. The number of hydrogen-bond acceptors (Lipinski definition) is 4. The summed E-state index contributed by atoms with van der Waals surface area (Å²) in [5.41, 5.74) is 6.93. The van der Waals surface area contributed by atoms with Crippen LogP contribution in [0.25, 0.3) is 0 Å². The fourth-order valence-corrected chi connectivity index (χ4v) is 1.71. The third kappa shape index (κ3) is 3.17. The number of para-hydroxylation sites is 1. The van der Waals surface area contributed by atoms with Crippen LogP contribution in [0.4, 0.5) is 5.69 Å². The molecule has 2 rings (SSSR count). The summed E-state index contributed by atoms with van der Waals surface area (Å²) < 4.78 is 5.13. The van der Waals surface area contributed by atoms with Gasteiger partial charge < -0.3 is 15.6 Å². The minimum Gasteiger partial charge on any atom is -0.508 e. The number of anilines is 1. The molecule has 0 aliphatic rings. The van der Waals surface area contributed by atoms with Gasteiger partial charge in [0.15, 0.2) is 0 Å².